The molecule has 0 bridgehead atoms. The van der Waals surface area contributed by atoms with Gasteiger partial charge >= 0.3 is 0 Å². The van der Waals surface area contributed by atoms with Crippen molar-refractivity contribution >= 4 is 27.4 Å². The monoisotopic (exact) mass is 293 g/mol. The summed E-state index contributed by atoms with van der Waals surface area (Å²) >= 11 is 5.76. The van der Waals surface area contributed by atoms with E-state index in [2.05, 4.69) is 0 Å². The second-order valence-electron chi connectivity index (χ2n) is 4.89. The molecular weight excluding hydrogens is 281 g/mol. The largest absolute Gasteiger partial charge is 0.294 e. The minimum atomic E-state index is -4.24. The summed E-state index contributed by atoms with van der Waals surface area (Å²) in [7, 11) is -4.24. The van der Waals surface area contributed by atoms with Gasteiger partial charge in [-0.3, -0.25) is 4.79 Å². The van der Waals surface area contributed by atoms with Crippen LogP contribution in [0.2, 0.25) is 5.02 Å². The minimum Gasteiger partial charge on any atom is -0.294 e. The fraction of sp³-hybridized carbons (Fsp3) is 0.364. The Bertz CT molecular complexity index is 605. The predicted molar refractivity (Wildman–Crippen MR) is 66.6 cm³/mol. The highest BCUT2D eigenvalue weighted by Crippen LogP contribution is 2.29. The van der Waals surface area contributed by atoms with E-state index >= 15 is 0 Å². The molecule has 0 aliphatic heterocycles. The Kier molecular flexibility index (Phi) is 3.86. The first-order valence-corrected chi connectivity index (χ1v) is 6.93. The van der Waals surface area contributed by atoms with E-state index in [1.54, 1.807) is 20.8 Å². The van der Waals surface area contributed by atoms with Gasteiger partial charge in [0.15, 0.2) is 5.78 Å². The van der Waals surface area contributed by atoms with Gasteiger partial charge in [-0.25, -0.2) is 17.9 Å². The number of ketones is 1. The van der Waals surface area contributed by atoms with Crippen molar-refractivity contribution in [1.29, 1.82) is 0 Å². The minimum absolute atomic E-state index is 0.0606. The van der Waals surface area contributed by atoms with Crippen molar-refractivity contribution < 1.29 is 17.6 Å². The van der Waals surface area contributed by atoms with Gasteiger partial charge in [0.1, 0.15) is 10.7 Å². The van der Waals surface area contributed by atoms with Gasteiger partial charge in [-0.2, -0.15) is 0 Å². The van der Waals surface area contributed by atoms with Crippen LogP contribution in [0.4, 0.5) is 4.39 Å². The zero-order valence-electron chi connectivity index (χ0n) is 10.1. The van der Waals surface area contributed by atoms with Crippen molar-refractivity contribution in [2.75, 3.05) is 0 Å². The Balaban J connectivity index is 3.54. The lowest BCUT2D eigenvalue weighted by Gasteiger charge is -2.18. The normalized spacial score (nSPS) is 12.6. The van der Waals surface area contributed by atoms with Gasteiger partial charge in [-0.1, -0.05) is 32.4 Å². The topological polar surface area (TPSA) is 77.2 Å². The number of primary sulfonamides is 1. The Hall–Kier alpha value is -0.980. The Morgan fingerprint density at radius 1 is 1.33 bits per heavy atom. The van der Waals surface area contributed by atoms with Crippen molar-refractivity contribution in [1.82, 2.24) is 0 Å². The summed E-state index contributed by atoms with van der Waals surface area (Å²) in [5.74, 6) is -1.47. The SMILES string of the molecule is CC(C)(C)C(=O)c1cc(S(N)(=O)=O)c(F)cc1Cl. The van der Waals surface area contributed by atoms with Crippen LogP contribution in [0.15, 0.2) is 17.0 Å². The molecule has 0 heterocycles. The lowest BCUT2D eigenvalue weighted by atomic mass is 9.86. The van der Waals surface area contributed by atoms with Gasteiger partial charge in [0.2, 0.25) is 10.0 Å². The molecule has 7 heteroatoms. The van der Waals surface area contributed by atoms with Gasteiger partial charge in [-0.05, 0) is 12.1 Å². The molecule has 1 rings (SSSR count). The quantitative estimate of drug-likeness (QED) is 0.850. The highest BCUT2D eigenvalue weighted by Gasteiger charge is 2.27. The Morgan fingerprint density at radius 2 is 1.83 bits per heavy atom. The van der Waals surface area contributed by atoms with E-state index in [0.717, 1.165) is 12.1 Å². The zero-order chi connectivity index (χ0) is 14.3. The number of rotatable bonds is 2. The zero-order valence-corrected chi connectivity index (χ0v) is 11.7. The van der Waals surface area contributed by atoms with Crippen LogP contribution in [0.1, 0.15) is 31.1 Å². The number of benzene rings is 1. The third kappa shape index (κ3) is 3.07. The van der Waals surface area contributed by atoms with Crippen molar-refractivity contribution in [3.8, 4) is 0 Å². The molecule has 0 saturated heterocycles. The van der Waals surface area contributed by atoms with Crippen LogP contribution in [0.5, 0.6) is 0 Å². The van der Waals surface area contributed by atoms with Gasteiger partial charge in [-0.15, -0.1) is 0 Å². The molecule has 0 unspecified atom stereocenters. The first-order valence-electron chi connectivity index (χ1n) is 5.01. The molecule has 0 atom stereocenters. The first-order chi connectivity index (χ1) is 7.94. The molecule has 1 aromatic carbocycles. The van der Waals surface area contributed by atoms with Crippen LogP contribution in [-0.4, -0.2) is 14.2 Å². The lowest BCUT2D eigenvalue weighted by molar-refractivity contribution is 0.0858. The summed E-state index contributed by atoms with van der Waals surface area (Å²) in [4.78, 5) is 11.3. The van der Waals surface area contributed by atoms with Crippen molar-refractivity contribution in [2.45, 2.75) is 25.7 Å². The smallest absolute Gasteiger partial charge is 0.240 e. The second-order valence-corrected chi connectivity index (χ2v) is 6.82. The van der Waals surface area contributed by atoms with Crippen molar-refractivity contribution in [2.24, 2.45) is 10.6 Å². The number of carbonyl (C=O) groups is 1. The van der Waals surface area contributed by atoms with Crippen LogP contribution >= 0.6 is 11.6 Å². The number of hydrogen-bond donors (Lipinski definition) is 1. The van der Waals surface area contributed by atoms with E-state index in [4.69, 9.17) is 16.7 Å². The van der Waals surface area contributed by atoms with E-state index in [0.29, 0.717) is 0 Å². The maximum atomic E-state index is 13.4. The molecule has 1 aromatic rings. The van der Waals surface area contributed by atoms with Crippen LogP contribution in [0, 0.1) is 11.2 Å². The third-order valence-corrected chi connectivity index (χ3v) is 3.49. The molecular formula is C11H13ClFNO3S. The molecule has 0 aliphatic rings. The molecule has 100 valence electrons. The fourth-order valence-corrected chi connectivity index (χ4v) is 2.17. The Labute approximate surface area is 110 Å². The van der Waals surface area contributed by atoms with Gasteiger partial charge < -0.3 is 0 Å². The molecule has 0 aliphatic carbocycles. The number of carbonyl (C=O) groups excluding carboxylic acids is 1. The summed E-state index contributed by atoms with van der Waals surface area (Å²) in [6.07, 6.45) is 0. The predicted octanol–water partition coefficient (Wildman–Crippen LogP) is 2.36. The molecule has 0 fully saturated rings. The fourth-order valence-electron chi connectivity index (χ4n) is 1.33. The second kappa shape index (κ2) is 4.60. The number of nitrogens with two attached hydrogens (primary N) is 1. The van der Waals surface area contributed by atoms with Crippen molar-refractivity contribution in [3.63, 3.8) is 0 Å². The van der Waals surface area contributed by atoms with Crippen LogP contribution in [0.25, 0.3) is 0 Å². The molecule has 4 nitrogen and oxygen atoms in total. The molecule has 0 spiro atoms. The van der Waals surface area contributed by atoms with E-state index in [1.807, 2.05) is 0 Å². The van der Waals surface area contributed by atoms with E-state index < -0.39 is 31.9 Å². The average Bonchev–Trinajstić information content (AvgIpc) is 2.13. The number of halogens is 2. The average molecular weight is 294 g/mol. The van der Waals surface area contributed by atoms with Crippen LogP contribution in [0.3, 0.4) is 0 Å². The maximum absolute atomic E-state index is 13.4. The summed E-state index contributed by atoms with van der Waals surface area (Å²) < 4.78 is 35.8. The molecule has 2 N–H and O–H groups in total. The molecule has 18 heavy (non-hydrogen) atoms. The maximum Gasteiger partial charge on any atom is 0.240 e. The molecule has 0 aromatic heterocycles. The Morgan fingerprint density at radius 3 is 2.22 bits per heavy atom. The van der Waals surface area contributed by atoms with Crippen LogP contribution < -0.4 is 5.14 Å². The number of Topliss-reactive ketones (excluding diaryl/α,β-unsaturated/α-hetero) is 1. The molecule has 0 radical (unpaired) electrons. The standard InChI is InChI=1S/C11H13ClFNO3S/c1-11(2,3)10(15)6-4-9(18(14,16)17)8(13)5-7(6)12/h4-5H,1-3H3,(H2,14,16,17). The highest BCUT2D eigenvalue weighted by molar-refractivity contribution is 7.89. The van der Waals surface area contributed by atoms with Gasteiger partial charge in [0, 0.05) is 11.0 Å². The first kappa shape index (κ1) is 15.1. The summed E-state index contributed by atoms with van der Waals surface area (Å²) in [5.41, 5.74) is -0.827. The highest BCUT2D eigenvalue weighted by atomic mass is 35.5. The third-order valence-electron chi connectivity index (χ3n) is 2.25. The van der Waals surface area contributed by atoms with E-state index in [9.17, 15) is 17.6 Å². The number of hydrogen-bond acceptors (Lipinski definition) is 3. The van der Waals surface area contributed by atoms with Crippen LogP contribution in [-0.2, 0) is 10.0 Å². The van der Waals surface area contributed by atoms with Gasteiger partial charge in [0.25, 0.3) is 0 Å². The van der Waals surface area contributed by atoms with E-state index in [-0.39, 0.29) is 10.6 Å². The van der Waals surface area contributed by atoms with Gasteiger partial charge in [0.05, 0.1) is 5.02 Å². The van der Waals surface area contributed by atoms with E-state index in [1.165, 1.54) is 0 Å². The summed E-state index contributed by atoms with van der Waals surface area (Å²) in [6, 6.07) is 1.65. The number of sulfonamides is 1. The molecule has 0 saturated carbocycles. The summed E-state index contributed by atoms with van der Waals surface area (Å²) in [6.45, 7) is 4.93. The molecule has 0 amide bonds. The lowest BCUT2D eigenvalue weighted by Crippen LogP contribution is -2.22. The summed E-state index contributed by atoms with van der Waals surface area (Å²) in [5, 5.41) is 4.72. The van der Waals surface area contributed by atoms with Crippen molar-refractivity contribution in [3.05, 3.63) is 28.5 Å².